The average molecular weight is 486 g/mol. The minimum absolute atomic E-state index is 0. The molecule has 1 fully saturated rings. The third-order valence-corrected chi connectivity index (χ3v) is 4.66. The Morgan fingerprint density at radius 2 is 2.00 bits per heavy atom. The average Bonchev–Trinajstić information content (AvgIpc) is 3.42. The van der Waals surface area contributed by atoms with Crippen molar-refractivity contribution in [3.63, 3.8) is 0 Å². The van der Waals surface area contributed by atoms with Crippen LogP contribution in [0.2, 0.25) is 0 Å². The number of nitrogens with zero attached hydrogens (tertiary/aromatic N) is 1. The van der Waals surface area contributed by atoms with Gasteiger partial charge < -0.3 is 20.7 Å². The monoisotopic (exact) mass is 486 g/mol. The summed E-state index contributed by atoms with van der Waals surface area (Å²) >= 11 is 0. The van der Waals surface area contributed by atoms with Gasteiger partial charge in [-0.2, -0.15) is 0 Å². The van der Waals surface area contributed by atoms with Crippen LogP contribution in [0.3, 0.4) is 0 Å². The molecule has 1 aliphatic heterocycles. The number of fused-ring (bicyclic) bond motifs is 1. The second-order valence-corrected chi connectivity index (χ2v) is 7.63. The first kappa shape index (κ1) is 21.8. The lowest BCUT2D eigenvalue weighted by molar-refractivity contribution is -0.122. The van der Waals surface area contributed by atoms with Crippen LogP contribution in [0, 0.1) is 5.92 Å². The molecule has 0 radical (unpaired) electrons. The number of hydrogen-bond donors (Lipinski definition) is 3. The number of guanidine groups is 1. The zero-order chi connectivity index (χ0) is 18.6. The molecule has 150 valence electrons. The molecule has 0 saturated heterocycles. The van der Waals surface area contributed by atoms with E-state index in [-0.39, 0.29) is 47.4 Å². The van der Waals surface area contributed by atoms with E-state index in [0.717, 1.165) is 43.1 Å². The lowest BCUT2D eigenvalue weighted by atomic mass is 9.90. The molecular weight excluding hydrogens is 455 g/mol. The molecule has 7 heteroatoms. The van der Waals surface area contributed by atoms with Gasteiger partial charge in [0.1, 0.15) is 11.4 Å². The normalized spacial score (nSPS) is 20.6. The molecule has 1 heterocycles. The Hall–Kier alpha value is -1.51. The third-order valence-electron chi connectivity index (χ3n) is 4.66. The van der Waals surface area contributed by atoms with E-state index in [9.17, 15) is 4.79 Å². The number of para-hydroxylation sites is 1. The van der Waals surface area contributed by atoms with Gasteiger partial charge in [0.2, 0.25) is 5.91 Å². The van der Waals surface area contributed by atoms with E-state index in [2.05, 4.69) is 40.9 Å². The summed E-state index contributed by atoms with van der Waals surface area (Å²) in [6, 6.07) is 8.28. The molecule has 27 heavy (non-hydrogen) atoms. The highest BCUT2D eigenvalue weighted by atomic mass is 127. The first-order valence-corrected chi connectivity index (χ1v) is 9.59. The summed E-state index contributed by atoms with van der Waals surface area (Å²) in [5.41, 5.74) is 0.918. The van der Waals surface area contributed by atoms with Gasteiger partial charge >= 0.3 is 0 Å². The second kappa shape index (κ2) is 9.61. The van der Waals surface area contributed by atoms with E-state index in [1.165, 1.54) is 0 Å². The standard InChI is InChI=1S/C20H30N4O2.HI/c1-4-21-19(23-12-11-22-18(25)14-9-10-14)24-16-13-20(2,3)26-17-8-6-5-7-15(16)17;/h5-8,14,16H,4,9-13H2,1-3H3,(H,22,25)(H2,21,23,24);1H. The van der Waals surface area contributed by atoms with Crippen molar-refractivity contribution in [2.24, 2.45) is 10.9 Å². The van der Waals surface area contributed by atoms with Gasteiger partial charge in [-0.1, -0.05) is 18.2 Å². The topological polar surface area (TPSA) is 74.8 Å². The molecule has 1 atom stereocenters. The van der Waals surface area contributed by atoms with Gasteiger partial charge in [0.05, 0.1) is 12.6 Å². The van der Waals surface area contributed by atoms with Crippen LogP contribution in [0.15, 0.2) is 29.3 Å². The summed E-state index contributed by atoms with van der Waals surface area (Å²) < 4.78 is 6.10. The zero-order valence-electron chi connectivity index (χ0n) is 16.4. The predicted octanol–water partition coefficient (Wildman–Crippen LogP) is 2.99. The van der Waals surface area contributed by atoms with Gasteiger partial charge in [0, 0.05) is 31.0 Å². The fourth-order valence-corrected chi connectivity index (χ4v) is 3.25. The van der Waals surface area contributed by atoms with Crippen molar-refractivity contribution in [3.05, 3.63) is 29.8 Å². The van der Waals surface area contributed by atoms with E-state index in [0.29, 0.717) is 13.1 Å². The Morgan fingerprint density at radius 3 is 2.70 bits per heavy atom. The van der Waals surface area contributed by atoms with Crippen molar-refractivity contribution in [3.8, 4) is 5.75 Å². The molecule has 3 rings (SSSR count). The maximum absolute atomic E-state index is 11.7. The van der Waals surface area contributed by atoms with Crippen molar-refractivity contribution in [2.75, 3.05) is 19.6 Å². The fourth-order valence-electron chi connectivity index (χ4n) is 3.25. The molecule has 0 bridgehead atoms. The number of hydrogen-bond acceptors (Lipinski definition) is 3. The van der Waals surface area contributed by atoms with Crippen LogP contribution in [-0.4, -0.2) is 37.1 Å². The molecular formula is C20H31IN4O2. The van der Waals surface area contributed by atoms with Crippen molar-refractivity contribution in [1.82, 2.24) is 16.0 Å². The Morgan fingerprint density at radius 1 is 1.26 bits per heavy atom. The first-order valence-electron chi connectivity index (χ1n) is 9.59. The highest BCUT2D eigenvalue weighted by Gasteiger charge is 2.34. The number of aliphatic imine (C=N–C) groups is 1. The molecule has 1 unspecified atom stereocenters. The predicted molar refractivity (Wildman–Crippen MR) is 119 cm³/mol. The van der Waals surface area contributed by atoms with Gasteiger partial charge in [-0.05, 0) is 39.7 Å². The van der Waals surface area contributed by atoms with Crippen LogP contribution in [0.1, 0.15) is 51.6 Å². The van der Waals surface area contributed by atoms with Gasteiger partial charge in [-0.3, -0.25) is 9.79 Å². The van der Waals surface area contributed by atoms with Crippen LogP contribution in [0.25, 0.3) is 0 Å². The minimum atomic E-state index is -0.235. The third kappa shape index (κ3) is 6.26. The fraction of sp³-hybridized carbons (Fsp3) is 0.600. The van der Waals surface area contributed by atoms with Crippen LogP contribution >= 0.6 is 24.0 Å². The maximum Gasteiger partial charge on any atom is 0.223 e. The Balaban J connectivity index is 0.00000261. The molecule has 1 aromatic rings. The number of benzene rings is 1. The first-order chi connectivity index (χ1) is 12.5. The SMILES string of the molecule is CCNC(=NCCNC(=O)C1CC1)NC1CC(C)(C)Oc2ccccc21.I. The number of halogens is 1. The van der Waals surface area contributed by atoms with Crippen LogP contribution in [-0.2, 0) is 4.79 Å². The van der Waals surface area contributed by atoms with Gasteiger partial charge in [0.15, 0.2) is 5.96 Å². The van der Waals surface area contributed by atoms with Crippen LogP contribution < -0.4 is 20.7 Å². The maximum atomic E-state index is 11.7. The molecule has 1 saturated carbocycles. The summed E-state index contributed by atoms with van der Waals surface area (Å²) in [4.78, 5) is 16.3. The Bertz CT molecular complexity index is 674. The summed E-state index contributed by atoms with van der Waals surface area (Å²) in [7, 11) is 0. The van der Waals surface area contributed by atoms with Crippen molar-refractivity contribution in [2.45, 2.75) is 51.7 Å². The van der Waals surface area contributed by atoms with Crippen molar-refractivity contribution < 1.29 is 9.53 Å². The molecule has 0 spiro atoms. The molecule has 6 nitrogen and oxygen atoms in total. The number of nitrogens with one attached hydrogen (secondary N) is 3. The lowest BCUT2D eigenvalue weighted by Gasteiger charge is -2.38. The molecule has 1 aromatic carbocycles. The van der Waals surface area contributed by atoms with E-state index >= 15 is 0 Å². The second-order valence-electron chi connectivity index (χ2n) is 7.63. The van der Waals surface area contributed by atoms with Crippen molar-refractivity contribution >= 4 is 35.8 Å². The Labute approximate surface area is 178 Å². The number of amides is 1. The van der Waals surface area contributed by atoms with E-state index < -0.39 is 0 Å². The quantitative estimate of drug-likeness (QED) is 0.250. The number of ether oxygens (including phenoxy) is 1. The highest BCUT2D eigenvalue weighted by Crippen LogP contribution is 2.39. The molecule has 2 aliphatic rings. The molecule has 3 N–H and O–H groups in total. The molecule has 1 aliphatic carbocycles. The largest absolute Gasteiger partial charge is 0.487 e. The minimum Gasteiger partial charge on any atom is -0.487 e. The van der Waals surface area contributed by atoms with E-state index in [1.54, 1.807) is 0 Å². The van der Waals surface area contributed by atoms with Gasteiger partial charge in [-0.15, -0.1) is 24.0 Å². The molecule has 0 aromatic heterocycles. The molecule has 1 amide bonds. The lowest BCUT2D eigenvalue weighted by Crippen LogP contribution is -2.45. The summed E-state index contributed by atoms with van der Waals surface area (Å²) in [6.45, 7) is 8.18. The van der Waals surface area contributed by atoms with E-state index in [4.69, 9.17) is 4.74 Å². The van der Waals surface area contributed by atoms with E-state index in [1.807, 2.05) is 25.1 Å². The van der Waals surface area contributed by atoms with Gasteiger partial charge in [-0.25, -0.2) is 0 Å². The number of carbonyl (C=O) groups is 1. The Kier molecular flexibility index (Phi) is 7.76. The van der Waals surface area contributed by atoms with Crippen LogP contribution in [0.4, 0.5) is 0 Å². The number of rotatable bonds is 6. The van der Waals surface area contributed by atoms with Crippen LogP contribution in [0.5, 0.6) is 5.75 Å². The van der Waals surface area contributed by atoms with Gasteiger partial charge in [0.25, 0.3) is 0 Å². The number of carbonyl (C=O) groups excluding carboxylic acids is 1. The summed E-state index contributed by atoms with van der Waals surface area (Å²) in [5, 5.41) is 9.79. The summed E-state index contributed by atoms with van der Waals surface area (Å²) in [6.07, 6.45) is 2.91. The highest BCUT2D eigenvalue weighted by molar-refractivity contribution is 14.0. The summed E-state index contributed by atoms with van der Waals surface area (Å²) in [5.74, 6) is 2.10. The zero-order valence-corrected chi connectivity index (χ0v) is 18.7. The smallest absolute Gasteiger partial charge is 0.223 e. The van der Waals surface area contributed by atoms with Crippen molar-refractivity contribution in [1.29, 1.82) is 0 Å².